The molecule has 0 unspecified atom stereocenters. The number of halogens is 3. The molecule has 14 nitrogen and oxygen atoms in total. The van der Waals surface area contributed by atoms with E-state index in [0.29, 0.717) is 38.1 Å². The second kappa shape index (κ2) is 25.9. The van der Waals surface area contributed by atoms with Crippen molar-refractivity contribution < 1.29 is 44.6 Å². The first-order valence-electron chi connectivity index (χ1n) is 12.2. The van der Waals surface area contributed by atoms with Crippen LogP contribution in [-0.2, 0) is 20.8 Å². The average molecular weight is 801 g/mol. The minimum absolute atomic E-state index is 0. The van der Waals surface area contributed by atoms with E-state index in [-0.39, 0.29) is 44.2 Å². The number of carboxylic acids is 1. The summed E-state index contributed by atoms with van der Waals surface area (Å²) < 4.78 is 14.7. The lowest BCUT2D eigenvalue weighted by molar-refractivity contribution is 0.0591. The van der Waals surface area contributed by atoms with E-state index in [2.05, 4.69) is 66.0 Å². The molecule has 0 spiro atoms. The van der Waals surface area contributed by atoms with Crippen LogP contribution in [0, 0.1) is 11.3 Å². The van der Waals surface area contributed by atoms with Gasteiger partial charge < -0.3 is 25.1 Å². The molecule has 4 aromatic heterocycles. The van der Waals surface area contributed by atoms with E-state index in [9.17, 15) is 19.2 Å². The van der Waals surface area contributed by atoms with Gasteiger partial charge in [-0.05, 0) is 80.4 Å². The van der Waals surface area contributed by atoms with Gasteiger partial charge in [-0.2, -0.15) is 5.26 Å². The molecule has 3 N–H and O–H groups in total. The number of nitrogens with two attached hydrogens (primary N) is 1. The molecule has 0 aliphatic carbocycles. The maximum absolute atomic E-state index is 11.0. The number of rotatable bonds is 5. The van der Waals surface area contributed by atoms with Crippen molar-refractivity contribution in [3.63, 3.8) is 0 Å². The summed E-state index contributed by atoms with van der Waals surface area (Å²) in [6, 6.07) is 14.0. The van der Waals surface area contributed by atoms with Crippen molar-refractivity contribution >= 4 is 55.7 Å². The first-order valence-corrected chi connectivity index (χ1v) is 13.8. The van der Waals surface area contributed by atoms with Gasteiger partial charge in [-0.15, -0.1) is 0 Å². The SMILES string of the molecule is C.C.COC(=O)c1ccnc(Br)c1.COC(=O)c1ccnc(C#N)c1.COC(=O)c1ccnc(CN)c1.F.O=C(O)c1ccnc(Br)c1.[2HH]. The Morgan fingerprint density at radius 3 is 1.48 bits per heavy atom. The van der Waals surface area contributed by atoms with Crippen LogP contribution in [0.3, 0.4) is 0 Å². The number of methoxy groups -OCH3 is 3. The summed E-state index contributed by atoms with van der Waals surface area (Å²) in [6.07, 6.45) is 5.91. The Kier molecular flexibility index (Phi) is 25.5. The summed E-state index contributed by atoms with van der Waals surface area (Å²) in [5.41, 5.74) is 7.78. The quantitative estimate of drug-likeness (QED) is 0.136. The lowest BCUT2D eigenvalue weighted by atomic mass is 10.2. The van der Waals surface area contributed by atoms with Crippen molar-refractivity contribution in [3.05, 3.63) is 116 Å². The molecule has 260 valence electrons. The fourth-order valence-electron chi connectivity index (χ4n) is 2.75. The first-order chi connectivity index (χ1) is 21.5. The topological polar surface area (TPSA) is 218 Å². The standard InChI is InChI=1S/C8H10N2O2.C8H6N2O2.C7H6BrNO2.C6H4BrNO2.2CH4.FH.H2/c2*1-12-8(11)6-2-3-10-7(4-6)5-9;1-11-7(10)5-2-3-9-6(8)4-5;7-5-3-4(6(9)10)1-2-8-5;;;;/h2-4H,5,9H2,1H3;2-4H,1H3;2-4H,1H3;1-3H,(H,9,10);2*1H4;2*1H/i;;;;;;;1+1. The number of hydrogen-bond acceptors (Lipinski definition) is 13. The van der Waals surface area contributed by atoms with Crippen LogP contribution < -0.4 is 5.73 Å². The highest BCUT2D eigenvalue weighted by atomic mass is 79.9. The molecule has 4 heterocycles. The van der Waals surface area contributed by atoms with Gasteiger partial charge in [-0.1, -0.05) is 14.9 Å². The summed E-state index contributed by atoms with van der Waals surface area (Å²) in [7, 11) is 3.97. The van der Waals surface area contributed by atoms with E-state index >= 15 is 0 Å². The van der Waals surface area contributed by atoms with Gasteiger partial charge in [-0.3, -0.25) is 9.69 Å². The third kappa shape index (κ3) is 17.5. The minimum atomic E-state index is -0.942. The van der Waals surface area contributed by atoms with E-state index in [4.69, 9.17) is 16.1 Å². The van der Waals surface area contributed by atoms with Gasteiger partial charge >= 0.3 is 23.9 Å². The van der Waals surface area contributed by atoms with Crippen LogP contribution in [-0.4, -0.2) is 70.2 Å². The number of pyridine rings is 4. The lowest BCUT2D eigenvalue weighted by Gasteiger charge is -1.99. The molecule has 0 saturated heterocycles. The number of nitriles is 1. The zero-order valence-electron chi connectivity index (χ0n) is 24.4. The Labute approximate surface area is 295 Å². The molecule has 4 aromatic rings. The van der Waals surface area contributed by atoms with Crippen LogP contribution in [0.1, 0.15) is 69.1 Å². The van der Waals surface area contributed by atoms with Crippen molar-refractivity contribution in [2.75, 3.05) is 21.3 Å². The van der Waals surface area contributed by atoms with Crippen LogP contribution in [0.25, 0.3) is 0 Å². The van der Waals surface area contributed by atoms with Crippen molar-refractivity contribution in [3.8, 4) is 6.07 Å². The van der Waals surface area contributed by atoms with E-state index in [1.54, 1.807) is 24.3 Å². The third-order valence-electron chi connectivity index (χ3n) is 4.86. The maximum Gasteiger partial charge on any atom is 0.338 e. The van der Waals surface area contributed by atoms with E-state index < -0.39 is 11.9 Å². The summed E-state index contributed by atoms with van der Waals surface area (Å²) in [5.74, 6) is -2.13. The van der Waals surface area contributed by atoms with Gasteiger partial charge in [0, 0.05) is 32.8 Å². The normalized spacial score (nSPS) is 8.60. The zero-order chi connectivity index (χ0) is 33.8. The highest BCUT2D eigenvalue weighted by Gasteiger charge is 2.06. The van der Waals surface area contributed by atoms with Gasteiger partial charge in [-0.25, -0.2) is 34.1 Å². The number of carbonyl (C=O) groups is 4. The monoisotopic (exact) mass is 799 g/mol. The molecule has 0 aliphatic rings. The Hall–Kier alpha value is -5.18. The maximum atomic E-state index is 11.0. The van der Waals surface area contributed by atoms with Crippen LogP contribution >= 0.6 is 31.9 Å². The predicted molar refractivity (Wildman–Crippen MR) is 184 cm³/mol. The molecule has 0 radical (unpaired) electrons. The smallest absolute Gasteiger partial charge is 0.338 e. The van der Waals surface area contributed by atoms with Crippen LogP contribution in [0.4, 0.5) is 4.70 Å². The van der Waals surface area contributed by atoms with Gasteiger partial charge in [0.15, 0.2) is 0 Å². The summed E-state index contributed by atoms with van der Waals surface area (Å²) in [6.45, 7) is 0.324. The Morgan fingerprint density at radius 2 is 1.10 bits per heavy atom. The van der Waals surface area contributed by atoms with E-state index in [0.717, 1.165) is 0 Å². The molecule has 0 atom stereocenters. The van der Waals surface area contributed by atoms with Crippen LogP contribution in [0.15, 0.2) is 82.5 Å². The number of nitrogens with zero attached hydrogens (tertiary/aromatic N) is 5. The minimum Gasteiger partial charge on any atom is -0.478 e. The number of hydrogen-bond donors (Lipinski definition) is 2. The number of aromatic nitrogens is 4. The van der Waals surface area contributed by atoms with E-state index in [1.165, 1.54) is 70.4 Å². The molecule has 48 heavy (non-hydrogen) atoms. The second-order valence-corrected chi connectivity index (χ2v) is 9.42. The highest BCUT2D eigenvalue weighted by molar-refractivity contribution is 9.10. The number of carbonyl (C=O) groups excluding carboxylic acids is 3. The first kappa shape index (κ1) is 47.2. The van der Waals surface area contributed by atoms with Crippen molar-refractivity contribution in [1.82, 2.24) is 19.9 Å². The van der Waals surface area contributed by atoms with Gasteiger partial charge in [0.05, 0.1) is 49.3 Å². The summed E-state index contributed by atoms with van der Waals surface area (Å²) in [5, 5.41) is 16.9. The fraction of sp³-hybridized carbons (Fsp3) is 0.194. The second-order valence-electron chi connectivity index (χ2n) is 7.80. The number of aromatic carboxylic acids is 1. The Balaban J connectivity index is -0.000000269. The molecule has 0 amide bonds. The molecular weight excluding hydrogens is 763 g/mol. The van der Waals surface area contributed by atoms with Gasteiger partial charge in [0.2, 0.25) is 0 Å². The van der Waals surface area contributed by atoms with E-state index in [1.807, 2.05) is 6.07 Å². The predicted octanol–water partition coefficient (Wildman–Crippen LogP) is 5.91. The average Bonchev–Trinajstić information content (AvgIpc) is 3.08. The molecule has 0 saturated carbocycles. The molecule has 4 rings (SSSR count). The zero-order valence-corrected chi connectivity index (χ0v) is 27.6. The van der Waals surface area contributed by atoms with Gasteiger partial charge in [0.1, 0.15) is 21.0 Å². The summed E-state index contributed by atoms with van der Waals surface area (Å²) >= 11 is 6.20. The number of carboxylic acid groups (broad SMARTS) is 1. The largest absolute Gasteiger partial charge is 0.478 e. The number of esters is 3. The van der Waals surface area contributed by atoms with Crippen molar-refractivity contribution in [2.24, 2.45) is 5.73 Å². The van der Waals surface area contributed by atoms with Crippen LogP contribution in [0.2, 0.25) is 0 Å². The molecule has 0 aliphatic heterocycles. The van der Waals surface area contributed by atoms with Gasteiger partial charge in [0.25, 0.3) is 0 Å². The molecule has 0 fully saturated rings. The Bertz CT molecular complexity index is 1660. The molecule has 0 bridgehead atoms. The lowest BCUT2D eigenvalue weighted by Crippen LogP contribution is -2.05. The van der Waals surface area contributed by atoms with Crippen molar-refractivity contribution in [2.45, 2.75) is 21.4 Å². The molecule has 0 aromatic carbocycles. The van der Waals surface area contributed by atoms with Crippen LogP contribution in [0.5, 0.6) is 0 Å². The number of ether oxygens (including phenoxy) is 3. The molecule has 17 heteroatoms. The third-order valence-corrected chi connectivity index (χ3v) is 5.73. The fourth-order valence-corrected chi connectivity index (χ4v) is 3.48. The van der Waals surface area contributed by atoms with Crippen molar-refractivity contribution in [1.29, 1.82) is 5.26 Å². The highest BCUT2D eigenvalue weighted by Crippen LogP contribution is 2.09. The molecular formula is C31H37Br2FN6O8. The Morgan fingerprint density at radius 1 is 0.729 bits per heavy atom. The summed E-state index contributed by atoms with van der Waals surface area (Å²) in [4.78, 5) is 58.4.